The maximum absolute atomic E-state index is 14.2. The first-order valence-electron chi connectivity index (χ1n) is 14.4. The van der Waals surface area contributed by atoms with E-state index in [1.807, 2.05) is 42.5 Å². The average Bonchev–Trinajstić information content (AvgIpc) is 3.58. The van der Waals surface area contributed by atoms with E-state index in [0.29, 0.717) is 35.5 Å². The molecule has 4 aliphatic rings. The number of ether oxygens (including phenoxy) is 1. The van der Waals surface area contributed by atoms with E-state index < -0.39 is 29.6 Å². The van der Waals surface area contributed by atoms with Crippen molar-refractivity contribution in [1.29, 1.82) is 0 Å². The van der Waals surface area contributed by atoms with E-state index in [9.17, 15) is 14.4 Å². The molecule has 3 heterocycles. The van der Waals surface area contributed by atoms with Crippen LogP contribution in [0.2, 0.25) is 5.02 Å². The van der Waals surface area contributed by atoms with Gasteiger partial charge in [-0.25, -0.2) is 0 Å². The van der Waals surface area contributed by atoms with Gasteiger partial charge in [-0.1, -0.05) is 86.8 Å². The van der Waals surface area contributed by atoms with Gasteiger partial charge in [-0.3, -0.25) is 14.4 Å². The van der Waals surface area contributed by atoms with Crippen molar-refractivity contribution in [2.24, 2.45) is 23.7 Å². The van der Waals surface area contributed by atoms with Crippen molar-refractivity contribution in [3.63, 3.8) is 0 Å². The first-order valence-corrected chi connectivity index (χ1v) is 14.7. The summed E-state index contributed by atoms with van der Waals surface area (Å²) in [6.07, 6.45) is 6.87. The van der Waals surface area contributed by atoms with E-state index >= 15 is 0 Å². The summed E-state index contributed by atoms with van der Waals surface area (Å²) in [4.78, 5) is 43.6. The average molecular weight is 562 g/mol. The Morgan fingerprint density at radius 3 is 2.65 bits per heavy atom. The Labute approximate surface area is 240 Å². The maximum atomic E-state index is 14.2. The molecule has 0 unspecified atom stereocenters. The molecule has 6 rings (SSSR count). The molecule has 3 aliphatic heterocycles. The largest absolute Gasteiger partial charge is 0.359 e. The molecule has 1 saturated carbocycles. The highest BCUT2D eigenvalue weighted by Gasteiger charge is 2.72. The van der Waals surface area contributed by atoms with Gasteiger partial charge in [0, 0.05) is 23.3 Å². The molecular formula is C32H36ClN3O4. The molecule has 2 bridgehead atoms. The van der Waals surface area contributed by atoms with E-state index in [1.165, 1.54) is 0 Å². The number of carbonyl (C=O) groups excluding carboxylic acids is 3. The van der Waals surface area contributed by atoms with Gasteiger partial charge in [-0.15, -0.1) is 0 Å². The van der Waals surface area contributed by atoms with E-state index in [2.05, 4.69) is 24.5 Å². The van der Waals surface area contributed by atoms with Gasteiger partial charge in [-0.05, 0) is 48.4 Å². The summed E-state index contributed by atoms with van der Waals surface area (Å²) < 4.78 is 6.48. The van der Waals surface area contributed by atoms with Gasteiger partial charge in [0.1, 0.15) is 11.6 Å². The van der Waals surface area contributed by atoms with Gasteiger partial charge in [0.2, 0.25) is 17.7 Å². The van der Waals surface area contributed by atoms with Crippen molar-refractivity contribution in [2.75, 3.05) is 11.9 Å². The summed E-state index contributed by atoms with van der Waals surface area (Å²) in [7, 11) is 0. The Morgan fingerprint density at radius 1 is 1.07 bits per heavy atom. The second-order valence-corrected chi connectivity index (χ2v) is 12.3. The number of halogens is 1. The van der Waals surface area contributed by atoms with Crippen LogP contribution in [0.15, 0.2) is 66.7 Å². The quantitative estimate of drug-likeness (QED) is 0.483. The van der Waals surface area contributed by atoms with Crippen LogP contribution in [0.5, 0.6) is 0 Å². The van der Waals surface area contributed by atoms with Gasteiger partial charge < -0.3 is 20.3 Å². The van der Waals surface area contributed by atoms with Gasteiger partial charge in [0.05, 0.1) is 17.9 Å². The molecule has 7 nitrogen and oxygen atoms in total. The smallest absolute Gasteiger partial charge is 0.246 e. The van der Waals surface area contributed by atoms with Crippen molar-refractivity contribution in [3.8, 4) is 0 Å². The number of rotatable bonds is 7. The molecule has 3 amide bonds. The van der Waals surface area contributed by atoms with Crippen LogP contribution in [-0.4, -0.2) is 53.0 Å². The van der Waals surface area contributed by atoms with Crippen molar-refractivity contribution < 1.29 is 19.1 Å². The highest BCUT2D eigenvalue weighted by molar-refractivity contribution is 6.30. The van der Waals surface area contributed by atoms with Crippen molar-refractivity contribution >= 4 is 35.0 Å². The zero-order valence-corrected chi connectivity index (χ0v) is 23.6. The number of benzene rings is 2. The topological polar surface area (TPSA) is 87.7 Å². The molecule has 210 valence electrons. The zero-order chi connectivity index (χ0) is 28.0. The Hall–Kier alpha value is -3.16. The number of carbonyl (C=O) groups is 3. The first-order chi connectivity index (χ1) is 19.3. The molecular weight excluding hydrogens is 526 g/mol. The maximum Gasteiger partial charge on any atom is 0.246 e. The molecule has 1 spiro atoms. The normalized spacial score (nSPS) is 34.1. The Morgan fingerprint density at radius 2 is 1.88 bits per heavy atom. The fourth-order valence-corrected chi connectivity index (χ4v) is 7.43. The summed E-state index contributed by atoms with van der Waals surface area (Å²) in [6, 6.07) is 16.0. The second-order valence-electron chi connectivity index (χ2n) is 11.9. The molecule has 40 heavy (non-hydrogen) atoms. The van der Waals surface area contributed by atoms with Gasteiger partial charge in [-0.2, -0.15) is 0 Å². The third-order valence-corrected chi connectivity index (χ3v) is 9.77. The second kappa shape index (κ2) is 10.7. The fraction of sp³-hybridized carbons (Fsp3) is 0.469. The number of nitrogens with zero attached hydrogens (tertiary/aromatic N) is 1. The lowest BCUT2D eigenvalue weighted by atomic mass is 9.73. The predicted octanol–water partition coefficient (Wildman–Crippen LogP) is 4.61. The minimum absolute atomic E-state index is 0.0438. The monoisotopic (exact) mass is 561 g/mol. The number of anilines is 1. The standard InChI is InChI=1S/C32H36ClN3O4/c1-19-8-6-13-24(20(19)2)35-30(38)28-32-16-14-25(40-32)26(29(37)34-23-12-7-11-22(33)18-23)27(32)31(39)36(28)17-15-21-9-4-3-5-10-21/h3-5,7,9-12,14,16,18-20,24-28H,6,8,13,15,17H2,1-2H3,(H,34,37)(H,35,38)/t19-,20+,24+,25+,26-,27+,28+,32+/m1/s1. The van der Waals surface area contributed by atoms with E-state index in [4.69, 9.17) is 16.3 Å². The lowest BCUT2D eigenvalue weighted by molar-refractivity contribution is -0.141. The van der Waals surface area contributed by atoms with Gasteiger partial charge >= 0.3 is 0 Å². The Kier molecular flexibility index (Phi) is 7.21. The number of nitrogens with one attached hydrogen (secondary N) is 2. The zero-order valence-electron chi connectivity index (χ0n) is 22.9. The summed E-state index contributed by atoms with van der Waals surface area (Å²) in [5.74, 6) is -1.39. The number of fused-ring (bicyclic) bond motifs is 1. The van der Waals surface area contributed by atoms with Crippen molar-refractivity contribution in [2.45, 2.75) is 63.3 Å². The molecule has 8 atom stereocenters. The number of amides is 3. The van der Waals surface area contributed by atoms with Gasteiger partial charge in [0.25, 0.3) is 0 Å². The van der Waals surface area contributed by atoms with E-state index in [1.54, 1.807) is 29.2 Å². The van der Waals surface area contributed by atoms with E-state index in [0.717, 1.165) is 24.8 Å². The molecule has 2 aromatic rings. The molecule has 8 heteroatoms. The molecule has 2 aromatic carbocycles. The van der Waals surface area contributed by atoms with Crippen LogP contribution in [0.3, 0.4) is 0 Å². The number of hydrogen-bond acceptors (Lipinski definition) is 4. The summed E-state index contributed by atoms with van der Waals surface area (Å²) in [5, 5.41) is 6.74. The van der Waals surface area contributed by atoms with Crippen molar-refractivity contribution in [3.05, 3.63) is 77.3 Å². The SMILES string of the molecule is C[C@H]1[C@H](C)CCC[C@@H]1NC(=O)[C@@H]1N(CCc2ccccc2)C(=O)[C@@H]2[C@H](C(=O)Nc3cccc(Cl)c3)[C@@H]3C=C[C@]21O3. The third-order valence-electron chi connectivity index (χ3n) is 9.54. The highest BCUT2D eigenvalue weighted by Crippen LogP contribution is 2.55. The molecule has 0 aromatic heterocycles. The minimum atomic E-state index is -1.18. The van der Waals surface area contributed by atoms with E-state index in [-0.39, 0.29) is 23.8 Å². The fourth-order valence-electron chi connectivity index (χ4n) is 7.24. The van der Waals surface area contributed by atoms with Crippen LogP contribution in [-0.2, 0) is 25.5 Å². The molecule has 2 N–H and O–H groups in total. The predicted molar refractivity (Wildman–Crippen MR) is 154 cm³/mol. The molecule has 3 fully saturated rings. The highest BCUT2D eigenvalue weighted by atomic mass is 35.5. The summed E-state index contributed by atoms with van der Waals surface area (Å²) in [6.45, 7) is 4.79. The lowest BCUT2D eigenvalue weighted by Crippen LogP contribution is -2.58. The molecule has 2 saturated heterocycles. The molecule has 0 radical (unpaired) electrons. The third kappa shape index (κ3) is 4.63. The van der Waals surface area contributed by atoms with Crippen LogP contribution < -0.4 is 10.6 Å². The Balaban J connectivity index is 1.30. The Bertz CT molecular complexity index is 1330. The summed E-state index contributed by atoms with van der Waals surface area (Å²) in [5.41, 5.74) is 0.455. The number of hydrogen-bond donors (Lipinski definition) is 2. The van der Waals surface area contributed by atoms with Crippen LogP contribution in [0, 0.1) is 23.7 Å². The first kappa shape index (κ1) is 27.0. The number of likely N-dealkylation sites (tertiary alicyclic amines) is 1. The van der Waals surface area contributed by atoms with Crippen LogP contribution in [0.4, 0.5) is 5.69 Å². The summed E-state index contributed by atoms with van der Waals surface area (Å²) >= 11 is 6.13. The van der Waals surface area contributed by atoms with Crippen molar-refractivity contribution in [1.82, 2.24) is 10.2 Å². The van der Waals surface area contributed by atoms with Crippen LogP contribution in [0.1, 0.15) is 38.7 Å². The molecule has 1 aliphatic carbocycles. The minimum Gasteiger partial charge on any atom is -0.359 e. The van der Waals surface area contributed by atoms with Crippen LogP contribution >= 0.6 is 11.6 Å². The van der Waals surface area contributed by atoms with Crippen LogP contribution in [0.25, 0.3) is 0 Å². The van der Waals surface area contributed by atoms with Gasteiger partial charge in [0.15, 0.2) is 0 Å². The lowest BCUT2D eigenvalue weighted by Gasteiger charge is -2.38.